The smallest absolute Gasteiger partial charge is 0.325 e. The highest BCUT2D eigenvalue weighted by Crippen LogP contribution is 2.25. The highest BCUT2D eigenvalue weighted by Gasteiger charge is 2.28. The molecule has 2 N–H and O–H groups in total. The number of halogens is 2. The molecule has 0 aliphatic carbocycles. The maximum Gasteiger partial charge on any atom is 0.325 e. The van der Waals surface area contributed by atoms with Crippen LogP contribution in [0.3, 0.4) is 0 Å². The fourth-order valence-corrected chi connectivity index (χ4v) is 5.22. The van der Waals surface area contributed by atoms with Crippen molar-refractivity contribution < 1.29 is 26.7 Å². The summed E-state index contributed by atoms with van der Waals surface area (Å²) in [6, 6.07) is 10.2. The topological polar surface area (TPSA) is 136 Å². The van der Waals surface area contributed by atoms with Crippen molar-refractivity contribution in [2.24, 2.45) is 0 Å². The molecule has 0 atom stereocenters. The normalized spacial score (nSPS) is 11.6. The highest BCUT2D eigenvalue weighted by molar-refractivity contribution is 7.91. The summed E-state index contributed by atoms with van der Waals surface area (Å²) < 4.78 is 59.5. The fourth-order valence-electron chi connectivity index (χ4n) is 3.80. The van der Waals surface area contributed by atoms with Gasteiger partial charge < -0.3 is 15.0 Å². The van der Waals surface area contributed by atoms with Crippen LogP contribution in [-0.4, -0.2) is 41.0 Å². The zero-order valence-electron chi connectivity index (χ0n) is 19.0. The molecule has 0 unspecified atom stereocenters. The number of carbonyl (C=O) groups is 1. The lowest BCUT2D eigenvalue weighted by molar-refractivity contribution is -0.141. The van der Waals surface area contributed by atoms with E-state index in [0.717, 1.165) is 40.8 Å². The van der Waals surface area contributed by atoms with Gasteiger partial charge in [0.05, 0.1) is 7.11 Å². The summed E-state index contributed by atoms with van der Waals surface area (Å²) in [4.78, 5) is 35.2. The van der Waals surface area contributed by atoms with Crippen LogP contribution < -0.4 is 10.9 Å². The molecule has 3 aromatic heterocycles. The van der Waals surface area contributed by atoms with E-state index in [9.17, 15) is 26.8 Å². The molecule has 0 radical (unpaired) electrons. The number of sulfone groups is 1. The Kier molecular flexibility index (Phi) is 5.91. The van der Waals surface area contributed by atoms with Gasteiger partial charge in [0.15, 0.2) is 0 Å². The van der Waals surface area contributed by atoms with Crippen LogP contribution in [0.5, 0.6) is 0 Å². The van der Waals surface area contributed by atoms with E-state index < -0.39 is 49.3 Å². The van der Waals surface area contributed by atoms with E-state index in [1.807, 2.05) is 18.2 Å². The Morgan fingerprint density at radius 2 is 1.89 bits per heavy atom. The van der Waals surface area contributed by atoms with Gasteiger partial charge >= 0.3 is 5.97 Å². The lowest BCUT2D eigenvalue weighted by Crippen LogP contribution is -2.30. The summed E-state index contributed by atoms with van der Waals surface area (Å²) in [7, 11) is -3.65. The van der Waals surface area contributed by atoms with Gasteiger partial charge in [-0.1, -0.05) is 0 Å². The van der Waals surface area contributed by atoms with Gasteiger partial charge in [-0.25, -0.2) is 22.2 Å². The van der Waals surface area contributed by atoms with Crippen LogP contribution in [0.2, 0.25) is 0 Å². The molecule has 0 amide bonds. The van der Waals surface area contributed by atoms with E-state index in [4.69, 9.17) is 0 Å². The maximum absolute atomic E-state index is 14.3. The van der Waals surface area contributed by atoms with E-state index in [0.29, 0.717) is 11.8 Å². The Bertz CT molecular complexity index is 1870. The summed E-state index contributed by atoms with van der Waals surface area (Å²) in [5.74, 6) is -3.13. The van der Waals surface area contributed by atoms with Crippen LogP contribution >= 0.6 is 0 Å². The molecule has 0 saturated heterocycles. The molecule has 10 nitrogen and oxygen atoms in total. The first-order valence-electron chi connectivity index (χ1n) is 10.7. The number of anilines is 2. The average Bonchev–Trinajstić information content (AvgIpc) is 3.33. The minimum atomic E-state index is -4.75. The van der Waals surface area contributed by atoms with Crippen molar-refractivity contribution in [1.82, 2.24) is 19.5 Å². The molecule has 37 heavy (non-hydrogen) atoms. The maximum atomic E-state index is 14.3. The van der Waals surface area contributed by atoms with E-state index in [2.05, 4.69) is 25.0 Å². The number of hydrogen-bond acceptors (Lipinski definition) is 8. The monoisotopic (exact) mass is 525 g/mol. The van der Waals surface area contributed by atoms with Gasteiger partial charge in [0, 0.05) is 40.4 Å². The number of pyridine rings is 1. The van der Waals surface area contributed by atoms with Crippen LogP contribution in [0.15, 0.2) is 75.5 Å². The minimum Gasteiger partial charge on any atom is -0.468 e. The third kappa shape index (κ3) is 4.40. The van der Waals surface area contributed by atoms with Crippen molar-refractivity contribution in [2.45, 2.75) is 16.3 Å². The summed E-state index contributed by atoms with van der Waals surface area (Å²) in [6.45, 7) is -0.674. The summed E-state index contributed by atoms with van der Waals surface area (Å²) >= 11 is 0. The molecule has 0 bridgehead atoms. The second-order valence-corrected chi connectivity index (χ2v) is 9.82. The molecule has 188 valence electrons. The van der Waals surface area contributed by atoms with Crippen LogP contribution in [0.4, 0.5) is 20.4 Å². The number of rotatable bonds is 6. The largest absolute Gasteiger partial charge is 0.468 e. The third-order valence-electron chi connectivity index (χ3n) is 5.59. The zero-order valence-corrected chi connectivity index (χ0v) is 19.8. The van der Waals surface area contributed by atoms with Gasteiger partial charge in [-0.2, -0.15) is 4.98 Å². The number of nitrogens with zero attached hydrogens (tertiary/aromatic N) is 3. The number of benzene rings is 2. The van der Waals surface area contributed by atoms with E-state index in [1.165, 1.54) is 6.20 Å². The second kappa shape index (κ2) is 9.09. The summed E-state index contributed by atoms with van der Waals surface area (Å²) in [6.07, 6.45) is 3.04. The quantitative estimate of drug-likeness (QED) is 0.255. The number of nitrogens with one attached hydrogen (secondary N) is 2. The first-order chi connectivity index (χ1) is 17.7. The molecule has 3 heterocycles. The zero-order chi connectivity index (χ0) is 26.3. The fraction of sp³-hybridized carbons (Fsp3) is 0.0833. The lowest BCUT2D eigenvalue weighted by atomic mass is 10.2. The Morgan fingerprint density at radius 1 is 1.08 bits per heavy atom. The molecular formula is C24H17F2N5O5S. The van der Waals surface area contributed by atoms with Crippen molar-refractivity contribution in [3.8, 4) is 0 Å². The van der Waals surface area contributed by atoms with Gasteiger partial charge in [0.25, 0.3) is 5.56 Å². The Labute approximate surface area is 207 Å². The molecule has 0 spiro atoms. The van der Waals surface area contributed by atoms with Crippen molar-refractivity contribution >= 4 is 49.4 Å². The number of H-pyrrole nitrogens is 1. The number of esters is 1. The summed E-state index contributed by atoms with van der Waals surface area (Å²) in [5, 5.41) is 4.01. The Morgan fingerprint density at radius 3 is 2.65 bits per heavy atom. The van der Waals surface area contributed by atoms with Crippen LogP contribution in [0, 0.1) is 11.6 Å². The van der Waals surface area contributed by atoms with Crippen molar-refractivity contribution in [2.75, 3.05) is 12.4 Å². The van der Waals surface area contributed by atoms with Crippen molar-refractivity contribution in [1.29, 1.82) is 0 Å². The Balaban J connectivity index is 1.66. The van der Waals surface area contributed by atoms with Gasteiger partial charge in [-0.15, -0.1) is 0 Å². The third-order valence-corrected chi connectivity index (χ3v) is 7.37. The molecule has 0 aliphatic heterocycles. The molecule has 0 saturated carbocycles. The standard InChI is InChI=1S/C24H17F2N5O5S/c1-36-21(32)12-31-22-14(9-20(23(31)33)37(34,35)19-5-2-15(25)10-17(19)26)11-28-24(30-22)29-16-3-4-18-13(8-16)6-7-27-18/h2-11,27H,12H2,1H3,(H,28,29,30). The molecule has 0 aliphatic rings. The number of hydrogen-bond donors (Lipinski definition) is 2. The van der Waals surface area contributed by atoms with E-state index >= 15 is 0 Å². The SMILES string of the molecule is COC(=O)Cn1c(=O)c(S(=O)(=O)c2ccc(F)cc2F)cc2cnc(Nc3ccc4[nH]ccc4c3)nc21. The summed E-state index contributed by atoms with van der Waals surface area (Å²) in [5.41, 5.74) is 0.358. The first-order valence-corrected chi connectivity index (χ1v) is 12.2. The molecule has 0 fully saturated rings. The van der Waals surface area contributed by atoms with Crippen molar-refractivity contribution in [3.05, 3.63) is 82.9 Å². The van der Waals surface area contributed by atoms with Gasteiger partial charge in [-0.05, 0) is 42.5 Å². The number of fused-ring (bicyclic) bond motifs is 2. The van der Waals surface area contributed by atoms with Gasteiger partial charge in [0.2, 0.25) is 15.8 Å². The minimum absolute atomic E-state index is 0.0610. The Hall–Kier alpha value is -4.65. The van der Waals surface area contributed by atoms with Crippen molar-refractivity contribution in [3.63, 3.8) is 0 Å². The number of ether oxygens (including phenoxy) is 1. The predicted molar refractivity (Wildman–Crippen MR) is 129 cm³/mol. The van der Waals surface area contributed by atoms with E-state index in [-0.39, 0.29) is 17.0 Å². The first kappa shape index (κ1) is 24.1. The van der Waals surface area contributed by atoms with Gasteiger partial charge in [-0.3, -0.25) is 14.2 Å². The molecule has 5 aromatic rings. The second-order valence-electron chi connectivity index (χ2n) is 7.93. The number of carbonyl (C=O) groups excluding carboxylic acids is 1. The number of aromatic nitrogens is 4. The van der Waals surface area contributed by atoms with E-state index in [1.54, 1.807) is 12.3 Å². The highest BCUT2D eigenvalue weighted by atomic mass is 32.2. The molecule has 2 aromatic carbocycles. The number of aromatic amines is 1. The predicted octanol–water partition coefficient (Wildman–Crippen LogP) is 3.30. The lowest BCUT2D eigenvalue weighted by Gasteiger charge is -2.13. The van der Waals surface area contributed by atoms with Crippen LogP contribution in [0.1, 0.15) is 0 Å². The van der Waals surface area contributed by atoms with Gasteiger partial charge in [0.1, 0.15) is 33.6 Å². The molecule has 13 heteroatoms. The van der Waals surface area contributed by atoms with Crippen LogP contribution in [-0.2, 0) is 25.9 Å². The average molecular weight is 525 g/mol. The molecule has 5 rings (SSSR count). The number of methoxy groups -OCH3 is 1. The van der Waals surface area contributed by atoms with Crippen LogP contribution in [0.25, 0.3) is 21.9 Å². The molecular weight excluding hydrogens is 508 g/mol.